The van der Waals surface area contributed by atoms with E-state index < -0.39 is 0 Å². The van der Waals surface area contributed by atoms with E-state index in [1.807, 2.05) is 0 Å². The third-order valence-electron chi connectivity index (χ3n) is 4.38. The lowest BCUT2D eigenvalue weighted by molar-refractivity contribution is 0.193. The van der Waals surface area contributed by atoms with Gasteiger partial charge in [0.25, 0.3) is 0 Å². The zero-order chi connectivity index (χ0) is 12.5. The Hall–Kier alpha value is -0.540. The molecule has 2 aliphatic heterocycles. The molecule has 3 heteroatoms. The number of halogens is 1. The van der Waals surface area contributed by atoms with Crippen LogP contribution >= 0.6 is 15.9 Å². The lowest BCUT2D eigenvalue weighted by atomic mass is 9.99. The molecule has 18 heavy (non-hydrogen) atoms. The molecule has 0 bridgehead atoms. The Morgan fingerprint density at radius 1 is 1.22 bits per heavy atom. The SMILES string of the molecule is Cc1ccc(NC2CCN3CCCCC23)cc1Br. The van der Waals surface area contributed by atoms with E-state index in [4.69, 9.17) is 0 Å². The van der Waals surface area contributed by atoms with Crippen LogP contribution < -0.4 is 5.32 Å². The molecule has 1 N–H and O–H groups in total. The minimum absolute atomic E-state index is 0.639. The molecular formula is C15H21BrN2. The van der Waals surface area contributed by atoms with Gasteiger partial charge in [-0.1, -0.05) is 28.4 Å². The van der Waals surface area contributed by atoms with Crippen LogP contribution in [0.2, 0.25) is 0 Å². The Kier molecular flexibility index (Phi) is 3.62. The van der Waals surface area contributed by atoms with E-state index >= 15 is 0 Å². The van der Waals surface area contributed by atoms with Crippen molar-refractivity contribution in [3.8, 4) is 0 Å². The summed E-state index contributed by atoms with van der Waals surface area (Å²) in [6, 6.07) is 7.99. The number of fused-ring (bicyclic) bond motifs is 1. The third kappa shape index (κ3) is 2.43. The van der Waals surface area contributed by atoms with Gasteiger partial charge in [0.2, 0.25) is 0 Å². The molecule has 0 radical (unpaired) electrons. The molecule has 0 aromatic heterocycles. The molecule has 2 saturated heterocycles. The molecule has 98 valence electrons. The number of hydrogen-bond acceptors (Lipinski definition) is 2. The summed E-state index contributed by atoms with van der Waals surface area (Å²) in [5.41, 5.74) is 2.55. The van der Waals surface area contributed by atoms with Gasteiger partial charge in [-0.3, -0.25) is 4.90 Å². The van der Waals surface area contributed by atoms with Crippen LogP contribution in [0.25, 0.3) is 0 Å². The summed E-state index contributed by atoms with van der Waals surface area (Å²) >= 11 is 3.61. The minimum Gasteiger partial charge on any atom is -0.381 e. The Labute approximate surface area is 118 Å². The van der Waals surface area contributed by atoms with Crippen molar-refractivity contribution in [1.29, 1.82) is 0 Å². The van der Waals surface area contributed by atoms with E-state index in [-0.39, 0.29) is 0 Å². The molecular weight excluding hydrogens is 288 g/mol. The van der Waals surface area contributed by atoms with E-state index in [1.54, 1.807) is 0 Å². The fourth-order valence-corrected chi connectivity index (χ4v) is 3.69. The summed E-state index contributed by atoms with van der Waals surface area (Å²) in [5, 5.41) is 3.74. The summed E-state index contributed by atoms with van der Waals surface area (Å²) in [4.78, 5) is 2.67. The van der Waals surface area contributed by atoms with Gasteiger partial charge < -0.3 is 5.32 Å². The number of anilines is 1. The zero-order valence-corrected chi connectivity index (χ0v) is 12.5. The maximum Gasteiger partial charge on any atom is 0.0429 e. The Morgan fingerprint density at radius 2 is 2.11 bits per heavy atom. The molecule has 0 spiro atoms. The number of rotatable bonds is 2. The van der Waals surface area contributed by atoms with Crippen molar-refractivity contribution >= 4 is 21.6 Å². The Balaban J connectivity index is 1.70. The first-order chi connectivity index (χ1) is 8.74. The molecule has 0 amide bonds. The van der Waals surface area contributed by atoms with Gasteiger partial charge in [0.05, 0.1) is 0 Å². The van der Waals surface area contributed by atoms with Gasteiger partial charge in [-0.2, -0.15) is 0 Å². The van der Waals surface area contributed by atoms with Crippen molar-refractivity contribution in [3.63, 3.8) is 0 Å². The summed E-state index contributed by atoms with van der Waals surface area (Å²) in [7, 11) is 0. The summed E-state index contributed by atoms with van der Waals surface area (Å²) in [6.07, 6.45) is 5.44. The number of aryl methyl sites for hydroxylation is 1. The second-order valence-electron chi connectivity index (χ2n) is 5.60. The Bertz CT molecular complexity index is 433. The normalized spacial score (nSPS) is 28.1. The molecule has 2 atom stereocenters. The topological polar surface area (TPSA) is 15.3 Å². The molecule has 2 fully saturated rings. The molecule has 2 heterocycles. The highest BCUT2D eigenvalue weighted by Crippen LogP contribution is 2.30. The predicted molar refractivity (Wildman–Crippen MR) is 80.1 cm³/mol. The van der Waals surface area contributed by atoms with Crippen LogP contribution in [-0.2, 0) is 0 Å². The molecule has 2 aliphatic rings. The molecule has 0 saturated carbocycles. The number of nitrogens with one attached hydrogen (secondary N) is 1. The molecule has 2 nitrogen and oxygen atoms in total. The molecule has 0 aliphatic carbocycles. The van der Waals surface area contributed by atoms with Crippen LogP contribution in [0.1, 0.15) is 31.2 Å². The standard InChI is InChI=1S/C15H21BrN2/c1-11-5-6-12(10-13(11)16)17-14-7-9-18-8-3-2-4-15(14)18/h5-6,10,14-15,17H,2-4,7-9H2,1H3. The smallest absolute Gasteiger partial charge is 0.0429 e. The highest BCUT2D eigenvalue weighted by molar-refractivity contribution is 9.10. The largest absolute Gasteiger partial charge is 0.381 e. The first-order valence-corrected chi connectivity index (χ1v) is 7.80. The fraction of sp³-hybridized carbons (Fsp3) is 0.600. The average molecular weight is 309 g/mol. The van der Waals surface area contributed by atoms with E-state index in [2.05, 4.69) is 51.3 Å². The second-order valence-corrected chi connectivity index (χ2v) is 6.46. The van der Waals surface area contributed by atoms with Crippen molar-refractivity contribution in [2.24, 2.45) is 0 Å². The number of benzene rings is 1. The molecule has 3 rings (SSSR count). The summed E-state index contributed by atoms with van der Waals surface area (Å²) in [6.45, 7) is 4.71. The highest BCUT2D eigenvalue weighted by atomic mass is 79.9. The fourth-order valence-electron chi connectivity index (χ4n) is 3.31. The van der Waals surface area contributed by atoms with E-state index in [0.29, 0.717) is 6.04 Å². The van der Waals surface area contributed by atoms with Gasteiger partial charge in [-0.05, 0) is 50.4 Å². The van der Waals surface area contributed by atoms with Crippen molar-refractivity contribution < 1.29 is 0 Å². The number of hydrogen-bond donors (Lipinski definition) is 1. The second kappa shape index (κ2) is 5.22. The predicted octanol–water partition coefficient (Wildman–Crippen LogP) is 3.80. The quantitative estimate of drug-likeness (QED) is 0.894. The van der Waals surface area contributed by atoms with Crippen LogP contribution in [-0.4, -0.2) is 30.1 Å². The van der Waals surface area contributed by atoms with Crippen LogP contribution in [0, 0.1) is 6.92 Å². The van der Waals surface area contributed by atoms with E-state index in [0.717, 1.165) is 6.04 Å². The van der Waals surface area contributed by atoms with E-state index in [9.17, 15) is 0 Å². The van der Waals surface area contributed by atoms with Gasteiger partial charge in [0.15, 0.2) is 0 Å². The minimum atomic E-state index is 0.639. The first kappa shape index (κ1) is 12.5. The molecule has 1 aromatic carbocycles. The number of piperidine rings is 1. The average Bonchev–Trinajstić information content (AvgIpc) is 2.78. The van der Waals surface area contributed by atoms with Gasteiger partial charge in [0, 0.05) is 28.8 Å². The van der Waals surface area contributed by atoms with Crippen molar-refractivity contribution in [2.45, 2.75) is 44.7 Å². The zero-order valence-electron chi connectivity index (χ0n) is 11.0. The van der Waals surface area contributed by atoms with Gasteiger partial charge >= 0.3 is 0 Å². The van der Waals surface area contributed by atoms with Gasteiger partial charge in [0.1, 0.15) is 0 Å². The van der Waals surface area contributed by atoms with Gasteiger partial charge in [-0.25, -0.2) is 0 Å². The maximum atomic E-state index is 3.74. The Morgan fingerprint density at radius 3 is 2.94 bits per heavy atom. The summed E-state index contributed by atoms with van der Waals surface area (Å²) < 4.78 is 1.20. The van der Waals surface area contributed by atoms with Gasteiger partial charge in [-0.15, -0.1) is 0 Å². The van der Waals surface area contributed by atoms with Crippen LogP contribution in [0.4, 0.5) is 5.69 Å². The van der Waals surface area contributed by atoms with Crippen molar-refractivity contribution in [2.75, 3.05) is 18.4 Å². The van der Waals surface area contributed by atoms with E-state index in [1.165, 1.54) is 54.5 Å². The van der Waals surface area contributed by atoms with Crippen molar-refractivity contribution in [3.05, 3.63) is 28.2 Å². The van der Waals surface area contributed by atoms with Crippen LogP contribution in [0.15, 0.2) is 22.7 Å². The highest BCUT2D eigenvalue weighted by Gasteiger charge is 2.35. The van der Waals surface area contributed by atoms with Crippen LogP contribution in [0.3, 0.4) is 0 Å². The lowest BCUT2D eigenvalue weighted by Crippen LogP contribution is -2.41. The third-order valence-corrected chi connectivity index (χ3v) is 5.23. The molecule has 1 aromatic rings. The number of nitrogens with zero attached hydrogens (tertiary/aromatic N) is 1. The first-order valence-electron chi connectivity index (χ1n) is 7.01. The molecule has 2 unspecified atom stereocenters. The summed E-state index contributed by atoms with van der Waals surface area (Å²) in [5.74, 6) is 0. The maximum absolute atomic E-state index is 3.74. The van der Waals surface area contributed by atoms with Crippen LogP contribution in [0.5, 0.6) is 0 Å². The monoisotopic (exact) mass is 308 g/mol. The lowest BCUT2D eigenvalue weighted by Gasteiger charge is -2.33. The van der Waals surface area contributed by atoms with Crippen molar-refractivity contribution in [1.82, 2.24) is 4.90 Å².